The number of anilines is 1. The molecule has 0 aliphatic heterocycles. The van der Waals surface area contributed by atoms with E-state index in [1.807, 2.05) is 6.92 Å². The Balaban J connectivity index is 2.68. The Morgan fingerprint density at radius 3 is 2.53 bits per heavy atom. The molecule has 0 amide bonds. The smallest absolute Gasteiger partial charge is 0.316 e. The summed E-state index contributed by atoms with van der Waals surface area (Å²) in [5.74, 6) is 0.346. The maximum atomic E-state index is 11.2. The second-order valence-electron chi connectivity index (χ2n) is 4.03. The molecule has 0 saturated carbocycles. The average molecular weight is 259 g/mol. The Labute approximate surface area is 109 Å². The van der Waals surface area contributed by atoms with Crippen molar-refractivity contribution in [2.24, 2.45) is 0 Å². The van der Waals surface area contributed by atoms with Gasteiger partial charge in [-0.1, -0.05) is 0 Å². The highest BCUT2D eigenvalue weighted by Gasteiger charge is 2.23. The Morgan fingerprint density at radius 1 is 1.26 bits per heavy atom. The summed E-state index contributed by atoms with van der Waals surface area (Å²) >= 11 is 0. The summed E-state index contributed by atoms with van der Waals surface area (Å²) < 4.78 is 0. The van der Waals surface area contributed by atoms with E-state index < -0.39 is 4.92 Å². The van der Waals surface area contributed by atoms with E-state index in [0.29, 0.717) is 17.2 Å². The fourth-order valence-corrected chi connectivity index (χ4v) is 1.71. The molecule has 2 rings (SSSR count). The van der Waals surface area contributed by atoms with Crippen molar-refractivity contribution in [3.63, 3.8) is 0 Å². The van der Waals surface area contributed by atoms with Crippen LogP contribution >= 0.6 is 0 Å². The van der Waals surface area contributed by atoms with Crippen LogP contribution in [0.2, 0.25) is 0 Å². The SMILES string of the molecule is CNc1nc(C)c([N+](=O)[O-])c(-c2ccc(C)nc2)n1. The normalized spacial score (nSPS) is 10.3. The first-order valence-electron chi connectivity index (χ1n) is 5.66. The molecule has 0 saturated heterocycles. The summed E-state index contributed by atoms with van der Waals surface area (Å²) in [7, 11) is 1.66. The molecule has 19 heavy (non-hydrogen) atoms. The number of hydrogen-bond acceptors (Lipinski definition) is 6. The Morgan fingerprint density at radius 2 is 2.00 bits per heavy atom. The van der Waals surface area contributed by atoms with Gasteiger partial charge in [-0.2, -0.15) is 0 Å². The maximum Gasteiger partial charge on any atom is 0.316 e. The van der Waals surface area contributed by atoms with Gasteiger partial charge in [0.1, 0.15) is 5.69 Å². The minimum atomic E-state index is -0.468. The highest BCUT2D eigenvalue weighted by atomic mass is 16.6. The molecule has 2 aromatic heterocycles. The lowest BCUT2D eigenvalue weighted by Gasteiger charge is -2.07. The molecule has 7 heteroatoms. The van der Waals surface area contributed by atoms with Gasteiger partial charge < -0.3 is 5.32 Å². The van der Waals surface area contributed by atoms with Crippen molar-refractivity contribution >= 4 is 11.6 Å². The van der Waals surface area contributed by atoms with Gasteiger partial charge in [0, 0.05) is 24.5 Å². The second kappa shape index (κ2) is 4.97. The molecule has 7 nitrogen and oxygen atoms in total. The first-order chi connectivity index (χ1) is 9.02. The monoisotopic (exact) mass is 259 g/mol. The maximum absolute atomic E-state index is 11.2. The molecule has 0 atom stereocenters. The number of hydrogen-bond donors (Lipinski definition) is 1. The van der Waals surface area contributed by atoms with Gasteiger partial charge in [-0.15, -0.1) is 0 Å². The second-order valence-corrected chi connectivity index (χ2v) is 4.03. The number of nitrogens with zero attached hydrogens (tertiary/aromatic N) is 4. The summed E-state index contributed by atoms with van der Waals surface area (Å²) in [6.07, 6.45) is 1.57. The number of nitro groups is 1. The van der Waals surface area contributed by atoms with Crippen LogP contribution in [0.5, 0.6) is 0 Å². The number of aromatic nitrogens is 3. The van der Waals surface area contributed by atoms with Crippen molar-refractivity contribution in [3.05, 3.63) is 39.8 Å². The lowest BCUT2D eigenvalue weighted by atomic mass is 10.1. The van der Waals surface area contributed by atoms with Crippen molar-refractivity contribution in [2.45, 2.75) is 13.8 Å². The van der Waals surface area contributed by atoms with E-state index in [4.69, 9.17) is 0 Å². The van der Waals surface area contributed by atoms with E-state index in [0.717, 1.165) is 5.69 Å². The molecular weight excluding hydrogens is 246 g/mol. The van der Waals surface area contributed by atoms with Gasteiger partial charge in [0.2, 0.25) is 5.95 Å². The zero-order valence-corrected chi connectivity index (χ0v) is 10.8. The van der Waals surface area contributed by atoms with Crippen LogP contribution in [0.1, 0.15) is 11.4 Å². The van der Waals surface area contributed by atoms with Crippen LogP contribution in [0.4, 0.5) is 11.6 Å². The fourth-order valence-electron chi connectivity index (χ4n) is 1.71. The summed E-state index contributed by atoms with van der Waals surface area (Å²) in [5.41, 5.74) is 1.93. The molecule has 2 heterocycles. The van der Waals surface area contributed by atoms with Crippen molar-refractivity contribution in [1.82, 2.24) is 15.0 Å². The molecule has 0 fully saturated rings. The van der Waals surface area contributed by atoms with Crippen molar-refractivity contribution in [3.8, 4) is 11.3 Å². The van der Waals surface area contributed by atoms with Crippen LogP contribution < -0.4 is 5.32 Å². The summed E-state index contributed by atoms with van der Waals surface area (Å²) in [6.45, 7) is 3.44. The Bertz CT molecular complexity index is 625. The van der Waals surface area contributed by atoms with Gasteiger partial charge in [-0.05, 0) is 26.0 Å². The summed E-state index contributed by atoms with van der Waals surface area (Å²) in [5, 5.41) is 14.0. The standard InChI is InChI=1S/C12H13N5O2/c1-7-4-5-9(6-14-7)10-11(17(18)19)8(2)15-12(13-3)16-10/h4-6H,1-3H3,(H,13,15,16). The molecule has 0 bridgehead atoms. The predicted molar refractivity (Wildman–Crippen MR) is 70.9 cm³/mol. The molecule has 2 aromatic rings. The van der Waals surface area contributed by atoms with Crippen LogP contribution in [0, 0.1) is 24.0 Å². The van der Waals surface area contributed by atoms with E-state index in [9.17, 15) is 10.1 Å². The van der Waals surface area contributed by atoms with Gasteiger partial charge in [-0.25, -0.2) is 9.97 Å². The molecule has 0 aliphatic carbocycles. The summed E-state index contributed by atoms with van der Waals surface area (Å²) in [6, 6.07) is 3.55. The van der Waals surface area contributed by atoms with Gasteiger partial charge in [-0.3, -0.25) is 15.1 Å². The Kier molecular flexibility index (Phi) is 3.37. The van der Waals surface area contributed by atoms with E-state index >= 15 is 0 Å². The zero-order valence-electron chi connectivity index (χ0n) is 10.8. The van der Waals surface area contributed by atoms with Gasteiger partial charge in [0.05, 0.1) is 4.92 Å². The summed E-state index contributed by atoms with van der Waals surface area (Å²) in [4.78, 5) is 23.0. The minimum absolute atomic E-state index is 0.0929. The first kappa shape index (κ1) is 12.9. The number of rotatable bonds is 3. The molecule has 98 valence electrons. The van der Waals surface area contributed by atoms with Gasteiger partial charge in [0.25, 0.3) is 0 Å². The van der Waals surface area contributed by atoms with Crippen LogP contribution in [-0.4, -0.2) is 26.9 Å². The van der Waals surface area contributed by atoms with E-state index in [1.165, 1.54) is 0 Å². The van der Waals surface area contributed by atoms with Crippen molar-refractivity contribution in [1.29, 1.82) is 0 Å². The van der Waals surface area contributed by atoms with Gasteiger partial charge >= 0.3 is 5.69 Å². The van der Waals surface area contributed by atoms with Crippen LogP contribution in [0.15, 0.2) is 18.3 Å². The topological polar surface area (TPSA) is 93.8 Å². The van der Waals surface area contributed by atoms with Crippen LogP contribution in [-0.2, 0) is 0 Å². The lowest BCUT2D eigenvalue weighted by Crippen LogP contribution is -2.05. The highest BCUT2D eigenvalue weighted by molar-refractivity contribution is 5.71. The Hall–Kier alpha value is -2.57. The molecule has 0 radical (unpaired) electrons. The molecular formula is C12H13N5O2. The third-order valence-corrected chi connectivity index (χ3v) is 2.65. The third-order valence-electron chi connectivity index (χ3n) is 2.65. The first-order valence-corrected chi connectivity index (χ1v) is 5.66. The average Bonchev–Trinajstić information content (AvgIpc) is 2.38. The molecule has 0 aliphatic rings. The van der Waals surface area contributed by atoms with Crippen molar-refractivity contribution < 1.29 is 4.92 Å². The zero-order chi connectivity index (χ0) is 14.0. The lowest BCUT2D eigenvalue weighted by molar-refractivity contribution is -0.385. The quantitative estimate of drug-likeness (QED) is 0.670. The van der Waals surface area contributed by atoms with Gasteiger partial charge in [0.15, 0.2) is 5.69 Å². The molecule has 0 aromatic carbocycles. The van der Waals surface area contributed by atoms with Crippen molar-refractivity contribution in [2.75, 3.05) is 12.4 Å². The van der Waals surface area contributed by atoms with Crippen LogP contribution in [0.25, 0.3) is 11.3 Å². The number of aryl methyl sites for hydroxylation is 2. The van der Waals surface area contributed by atoms with E-state index in [1.54, 1.807) is 32.3 Å². The molecule has 1 N–H and O–H groups in total. The van der Waals surface area contributed by atoms with Crippen LogP contribution in [0.3, 0.4) is 0 Å². The third kappa shape index (κ3) is 2.49. The molecule has 0 unspecified atom stereocenters. The van der Waals surface area contributed by atoms with E-state index in [2.05, 4.69) is 20.3 Å². The molecule has 0 spiro atoms. The fraction of sp³-hybridized carbons (Fsp3) is 0.250. The number of nitrogens with one attached hydrogen (secondary N) is 1. The minimum Gasteiger partial charge on any atom is -0.357 e. The predicted octanol–water partition coefficient (Wildman–Crippen LogP) is 2.11. The number of pyridine rings is 1. The largest absolute Gasteiger partial charge is 0.357 e. The highest BCUT2D eigenvalue weighted by Crippen LogP contribution is 2.30. The van der Waals surface area contributed by atoms with E-state index in [-0.39, 0.29) is 11.4 Å².